The van der Waals surface area contributed by atoms with E-state index in [9.17, 15) is 8.42 Å². The lowest BCUT2D eigenvalue weighted by Crippen LogP contribution is -2.15. The van der Waals surface area contributed by atoms with Gasteiger partial charge in [0.1, 0.15) is 5.02 Å². The Balaban J connectivity index is 1.92. The standard InChI is InChI=1S/C19H18Cl2N4O2S/c1-12(2)28(26,27)17-6-4-3-5-16(17)24-18-15(21)11-22-19(25-18)23-14-9-7-13(20)8-10-14/h3-12H,1-2H3,(H2,22,23,24,25). The molecule has 0 spiro atoms. The van der Waals surface area contributed by atoms with Gasteiger partial charge in [-0.05, 0) is 50.2 Å². The highest BCUT2D eigenvalue weighted by Crippen LogP contribution is 2.30. The van der Waals surface area contributed by atoms with Gasteiger partial charge in [0, 0.05) is 10.7 Å². The summed E-state index contributed by atoms with van der Waals surface area (Å²) < 4.78 is 25.3. The van der Waals surface area contributed by atoms with Gasteiger partial charge in [0.25, 0.3) is 0 Å². The number of hydrogen-bond donors (Lipinski definition) is 2. The minimum Gasteiger partial charge on any atom is -0.338 e. The van der Waals surface area contributed by atoms with Crippen molar-refractivity contribution in [2.75, 3.05) is 10.6 Å². The molecule has 2 aromatic carbocycles. The number of aromatic nitrogens is 2. The molecule has 0 fully saturated rings. The number of rotatable bonds is 6. The summed E-state index contributed by atoms with van der Waals surface area (Å²) in [6.07, 6.45) is 1.44. The molecule has 0 bridgehead atoms. The van der Waals surface area contributed by atoms with E-state index in [1.807, 2.05) is 0 Å². The summed E-state index contributed by atoms with van der Waals surface area (Å²) in [5, 5.41) is 6.39. The maximum Gasteiger partial charge on any atom is 0.229 e. The Kier molecular flexibility index (Phi) is 6.07. The Hall–Kier alpha value is -2.35. The molecule has 1 heterocycles. The normalized spacial score (nSPS) is 11.5. The van der Waals surface area contributed by atoms with Crippen molar-refractivity contribution in [1.82, 2.24) is 9.97 Å². The van der Waals surface area contributed by atoms with Crippen molar-refractivity contribution in [3.05, 3.63) is 64.8 Å². The highest BCUT2D eigenvalue weighted by molar-refractivity contribution is 7.92. The fourth-order valence-electron chi connectivity index (χ4n) is 2.38. The molecule has 9 heteroatoms. The van der Waals surface area contributed by atoms with Gasteiger partial charge in [-0.25, -0.2) is 13.4 Å². The fraction of sp³-hybridized carbons (Fsp3) is 0.158. The van der Waals surface area contributed by atoms with E-state index in [1.165, 1.54) is 6.20 Å². The van der Waals surface area contributed by atoms with Crippen LogP contribution in [0.5, 0.6) is 0 Å². The lowest BCUT2D eigenvalue weighted by atomic mass is 10.3. The number of anilines is 4. The molecule has 146 valence electrons. The molecule has 1 aromatic heterocycles. The Morgan fingerprint density at radius 3 is 2.32 bits per heavy atom. The highest BCUT2D eigenvalue weighted by Gasteiger charge is 2.23. The zero-order valence-electron chi connectivity index (χ0n) is 15.1. The van der Waals surface area contributed by atoms with Crippen LogP contribution in [-0.2, 0) is 9.84 Å². The zero-order chi connectivity index (χ0) is 20.3. The minimum absolute atomic E-state index is 0.187. The van der Waals surface area contributed by atoms with Gasteiger partial charge in [0.05, 0.1) is 22.0 Å². The number of nitrogens with zero attached hydrogens (tertiary/aromatic N) is 2. The Morgan fingerprint density at radius 2 is 1.64 bits per heavy atom. The minimum atomic E-state index is -3.48. The van der Waals surface area contributed by atoms with Crippen LogP contribution in [0.4, 0.5) is 23.1 Å². The number of para-hydroxylation sites is 1. The third kappa shape index (κ3) is 4.55. The van der Waals surface area contributed by atoms with Gasteiger partial charge in [-0.2, -0.15) is 4.98 Å². The predicted octanol–water partition coefficient (Wildman–Crippen LogP) is 5.45. The van der Waals surface area contributed by atoms with Crippen LogP contribution in [0.3, 0.4) is 0 Å². The second-order valence-corrected chi connectivity index (χ2v) is 9.55. The highest BCUT2D eigenvalue weighted by atomic mass is 35.5. The van der Waals surface area contributed by atoms with Crippen molar-refractivity contribution in [3.8, 4) is 0 Å². The van der Waals surface area contributed by atoms with E-state index in [0.717, 1.165) is 5.69 Å². The second kappa shape index (κ2) is 8.34. The maximum absolute atomic E-state index is 12.6. The summed E-state index contributed by atoms with van der Waals surface area (Å²) in [5.41, 5.74) is 1.15. The first-order valence-electron chi connectivity index (χ1n) is 8.42. The first kappa shape index (κ1) is 20.4. The molecule has 0 aliphatic carbocycles. The molecule has 0 atom stereocenters. The molecule has 0 radical (unpaired) electrons. The van der Waals surface area contributed by atoms with Crippen molar-refractivity contribution >= 4 is 56.2 Å². The quantitative estimate of drug-likeness (QED) is 0.533. The zero-order valence-corrected chi connectivity index (χ0v) is 17.5. The van der Waals surface area contributed by atoms with Crippen LogP contribution in [0, 0.1) is 0 Å². The van der Waals surface area contributed by atoms with Gasteiger partial charge in [0.2, 0.25) is 5.95 Å². The fourth-order valence-corrected chi connectivity index (χ4v) is 3.84. The second-order valence-electron chi connectivity index (χ2n) is 6.24. The maximum atomic E-state index is 12.6. The molecule has 0 aliphatic heterocycles. The molecule has 0 saturated heterocycles. The molecular weight excluding hydrogens is 419 g/mol. The van der Waals surface area contributed by atoms with E-state index < -0.39 is 15.1 Å². The van der Waals surface area contributed by atoms with Gasteiger partial charge < -0.3 is 10.6 Å². The number of halogens is 2. The topological polar surface area (TPSA) is 84.0 Å². The van der Waals surface area contributed by atoms with Gasteiger partial charge in [-0.3, -0.25) is 0 Å². The van der Waals surface area contributed by atoms with Gasteiger partial charge in [-0.1, -0.05) is 35.3 Å². The molecule has 3 aromatic rings. The van der Waals surface area contributed by atoms with E-state index >= 15 is 0 Å². The third-order valence-corrected chi connectivity index (χ3v) is 6.65. The summed E-state index contributed by atoms with van der Waals surface area (Å²) >= 11 is 12.1. The van der Waals surface area contributed by atoms with E-state index in [0.29, 0.717) is 22.5 Å². The van der Waals surface area contributed by atoms with Gasteiger partial charge in [0.15, 0.2) is 15.7 Å². The Morgan fingerprint density at radius 1 is 0.964 bits per heavy atom. The average Bonchev–Trinajstić information content (AvgIpc) is 2.66. The molecule has 3 rings (SSSR count). The van der Waals surface area contributed by atoms with Crippen LogP contribution in [0.25, 0.3) is 0 Å². The summed E-state index contributed by atoms with van der Waals surface area (Å²) in [5.74, 6) is 0.595. The predicted molar refractivity (Wildman–Crippen MR) is 114 cm³/mol. The number of benzene rings is 2. The molecular formula is C19H18Cl2N4O2S. The molecule has 28 heavy (non-hydrogen) atoms. The van der Waals surface area contributed by atoms with Crippen LogP contribution in [0.1, 0.15) is 13.8 Å². The molecule has 2 N–H and O–H groups in total. The van der Waals surface area contributed by atoms with Crippen molar-refractivity contribution < 1.29 is 8.42 Å². The van der Waals surface area contributed by atoms with Crippen molar-refractivity contribution in [1.29, 1.82) is 0 Å². The lowest BCUT2D eigenvalue weighted by Gasteiger charge is -2.15. The molecule has 0 aliphatic rings. The van der Waals surface area contributed by atoms with Gasteiger partial charge in [-0.15, -0.1) is 0 Å². The largest absolute Gasteiger partial charge is 0.338 e. The van der Waals surface area contributed by atoms with E-state index in [1.54, 1.807) is 62.4 Å². The summed E-state index contributed by atoms with van der Waals surface area (Å²) in [6, 6.07) is 13.7. The first-order valence-corrected chi connectivity index (χ1v) is 10.7. The Bertz CT molecular complexity index is 1090. The smallest absolute Gasteiger partial charge is 0.229 e. The van der Waals surface area contributed by atoms with Gasteiger partial charge >= 0.3 is 0 Å². The molecule has 0 saturated carbocycles. The van der Waals surface area contributed by atoms with E-state index in [-0.39, 0.29) is 9.92 Å². The summed E-state index contributed by atoms with van der Waals surface area (Å²) in [7, 11) is -3.48. The van der Waals surface area contributed by atoms with Crippen molar-refractivity contribution in [3.63, 3.8) is 0 Å². The number of hydrogen-bond acceptors (Lipinski definition) is 6. The molecule has 0 amide bonds. The summed E-state index contributed by atoms with van der Waals surface area (Å²) in [4.78, 5) is 8.70. The molecule has 0 unspecified atom stereocenters. The summed E-state index contributed by atoms with van der Waals surface area (Å²) in [6.45, 7) is 3.27. The Labute approximate surface area is 173 Å². The van der Waals surface area contributed by atoms with Crippen molar-refractivity contribution in [2.45, 2.75) is 24.0 Å². The van der Waals surface area contributed by atoms with Crippen LogP contribution >= 0.6 is 23.2 Å². The van der Waals surface area contributed by atoms with Crippen LogP contribution in [-0.4, -0.2) is 23.6 Å². The van der Waals surface area contributed by atoms with Crippen molar-refractivity contribution in [2.24, 2.45) is 0 Å². The molecule has 6 nitrogen and oxygen atoms in total. The van der Waals surface area contributed by atoms with Crippen LogP contribution < -0.4 is 10.6 Å². The van der Waals surface area contributed by atoms with E-state index in [4.69, 9.17) is 23.2 Å². The van der Waals surface area contributed by atoms with Crippen LogP contribution in [0.2, 0.25) is 10.0 Å². The SMILES string of the molecule is CC(C)S(=O)(=O)c1ccccc1Nc1nc(Nc2ccc(Cl)cc2)ncc1Cl. The number of nitrogens with one attached hydrogen (secondary N) is 2. The third-order valence-electron chi connectivity index (χ3n) is 3.91. The average molecular weight is 437 g/mol. The monoisotopic (exact) mass is 436 g/mol. The van der Waals surface area contributed by atoms with Crippen LogP contribution in [0.15, 0.2) is 59.6 Å². The lowest BCUT2D eigenvalue weighted by molar-refractivity contribution is 0.588. The first-order chi connectivity index (χ1) is 13.3. The number of sulfone groups is 1. The van der Waals surface area contributed by atoms with E-state index in [2.05, 4.69) is 20.6 Å².